The highest BCUT2D eigenvalue weighted by Crippen LogP contribution is 2.37. The minimum Gasteiger partial charge on any atom is -0.462 e. The monoisotopic (exact) mass is 321 g/mol. The number of halogens is 1. The molecule has 0 unspecified atom stereocenters. The average Bonchev–Trinajstić information content (AvgIpc) is 2.22. The molecule has 0 amide bonds. The summed E-state index contributed by atoms with van der Waals surface area (Å²) < 4.78 is 5.52. The quantitative estimate of drug-likeness (QED) is 0.638. The Bertz CT molecular complexity index is 287. The van der Waals surface area contributed by atoms with E-state index in [0.717, 1.165) is 11.8 Å². The second kappa shape index (κ2) is 5.88. The van der Waals surface area contributed by atoms with Crippen molar-refractivity contribution in [3.63, 3.8) is 0 Å². The molecule has 18 heavy (non-hydrogen) atoms. The fourth-order valence-electron chi connectivity index (χ4n) is 2.72. The molecule has 1 N–H and O–H groups in total. The maximum atomic E-state index is 11.7. The Morgan fingerprint density at radius 2 is 1.83 bits per heavy atom. The van der Waals surface area contributed by atoms with Crippen molar-refractivity contribution in [2.75, 3.05) is 5.33 Å². The Morgan fingerprint density at radius 3 is 2.28 bits per heavy atom. The van der Waals surface area contributed by atoms with Crippen molar-refractivity contribution in [3.8, 4) is 0 Å². The Labute approximate surface area is 118 Å². The van der Waals surface area contributed by atoms with Crippen LogP contribution in [0.3, 0.4) is 0 Å². The van der Waals surface area contributed by atoms with Crippen LogP contribution in [0.4, 0.5) is 0 Å². The van der Waals surface area contributed by atoms with Crippen LogP contribution in [0.25, 0.3) is 0 Å². The SMILES string of the molecule is CC1(C)CC(OC(=O)CCCBr)CC(C)(C)N1O. The number of rotatable bonds is 4. The molecule has 1 fully saturated rings. The summed E-state index contributed by atoms with van der Waals surface area (Å²) in [6, 6.07) is 0. The van der Waals surface area contributed by atoms with Crippen LogP contribution in [0.5, 0.6) is 0 Å². The summed E-state index contributed by atoms with van der Waals surface area (Å²) in [6.07, 6.45) is 2.46. The lowest BCUT2D eigenvalue weighted by atomic mass is 9.80. The first-order chi connectivity index (χ1) is 8.19. The zero-order chi connectivity index (χ0) is 14.0. The largest absolute Gasteiger partial charge is 0.462 e. The van der Waals surface area contributed by atoms with Crippen LogP contribution in [0.1, 0.15) is 53.4 Å². The van der Waals surface area contributed by atoms with Gasteiger partial charge in [0.25, 0.3) is 0 Å². The van der Waals surface area contributed by atoms with Gasteiger partial charge in [0.05, 0.1) is 0 Å². The number of hydroxylamine groups is 2. The van der Waals surface area contributed by atoms with E-state index in [2.05, 4.69) is 15.9 Å². The molecule has 1 saturated heterocycles. The lowest BCUT2D eigenvalue weighted by Gasteiger charge is -2.50. The third kappa shape index (κ3) is 3.93. The number of hydrogen-bond donors (Lipinski definition) is 1. The van der Waals surface area contributed by atoms with Gasteiger partial charge in [0.15, 0.2) is 0 Å². The standard InChI is InChI=1S/C13H24BrNO3/c1-12(2)8-10(9-13(3,4)15(12)17)18-11(16)6-5-7-14/h10,17H,5-9H2,1-4H3. The minimum atomic E-state index is -0.373. The van der Waals surface area contributed by atoms with E-state index in [4.69, 9.17) is 4.74 Å². The number of alkyl halides is 1. The molecule has 1 heterocycles. The summed E-state index contributed by atoms with van der Waals surface area (Å²) in [7, 11) is 0. The van der Waals surface area contributed by atoms with Crippen molar-refractivity contribution in [1.29, 1.82) is 0 Å². The summed E-state index contributed by atoms with van der Waals surface area (Å²) in [4.78, 5) is 11.7. The van der Waals surface area contributed by atoms with E-state index >= 15 is 0 Å². The molecule has 1 aliphatic rings. The molecule has 0 atom stereocenters. The number of esters is 1. The summed E-state index contributed by atoms with van der Waals surface area (Å²) >= 11 is 3.30. The molecule has 0 aliphatic carbocycles. The van der Waals surface area contributed by atoms with Gasteiger partial charge in [0, 0.05) is 35.7 Å². The van der Waals surface area contributed by atoms with Gasteiger partial charge in [-0.1, -0.05) is 15.9 Å². The van der Waals surface area contributed by atoms with Crippen LogP contribution < -0.4 is 0 Å². The van der Waals surface area contributed by atoms with E-state index in [-0.39, 0.29) is 23.2 Å². The molecule has 0 radical (unpaired) electrons. The first-order valence-corrected chi connectivity index (χ1v) is 7.56. The van der Waals surface area contributed by atoms with Gasteiger partial charge < -0.3 is 9.94 Å². The van der Waals surface area contributed by atoms with E-state index in [1.54, 1.807) is 0 Å². The van der Waals surface area contributed by atoms with E-state index in [0.29, 0.717) is 19.3 Å². The first-order valence-electron chi connectivity index (χ1n) is 6.44. The second-order valence-corrected chi connectivity index (χ2v) is 7.04. The Morgan fingerprint density at radius 1 is 1.33 bits per heavy atom. The highest BCUT2D eigenvalue weighted by atomic mass is 79.9. The zero-order valence-corrected chi connectivity index (χ0v) is 13.3. The lowest BCUT2D eigenvalue weighted by Crippen LogP contribution is -2.60. The Kier molecular flexibility index (Phi) is 5.21. The summed E-state index contributed by atoms with van der Waals surface area (Å²) in [5, 5.41) is 12.4. The Hall–Kier alpha value is -0.130. The predicted molar refractivity (Wildman–Crippen MR) is 73.9 cm³/mol. The first kappa shape index (κ1) is 15.9. The second-order valence-electron chi connectivity index (χ2n) is 6.25. The third-order valence-electron chi connectivity index (χ3n) is 3.41. The molecule has 4 nitrogen and oxygen atoms in total. The van der Waals surface area contributed by atoms with Gasteiger partial charge in [-0.05, 0) is 34.1 Å². The maximum Gasteiger partial charge on any atom is 0.306 e. The fourth-order valence-corrected chi connectivity index (χ4v) is 3.00. The van der Waals surface area contributed by atoms with Crippen LogP contribution in [0.2, 0.25) is 0 Å². The highest BCUT2D eigenvalue weighted by Gasteiger charge is 2.46. The number of nitrogens with zero attached hydrogens (tertiary/aromatic N) is 1. The lowest BCUT2D eigenvalue weighted by molar-refractivity contribution is -0.259. The fraction of sp³-hybridized carbons (Fsp3) is 0.923. The van der Waals surface area contributed by atoms with E-state index in [1.165, 1.54) is 5.06 Å². The van der Waals surface area contributed by atoms with Gasteiger partial charge in [-0.3, -0.25) is 4.79 Å². The van der Waals surface area contributed by atoms with Gasteiger partial charge in [-0.15, -0.1) is 0 Å². The molecule has 1 rings (SSSR count). The molecular formula is C13H24BrNO3. The predicted octanol–water partition coefficient (Wildman–Crippen LogP) is 3.12. The smallest absolute Gasteiger partial charge is 0.306 e. The van der Waals surface area contributed by atoms with E-state index in [9.17, 15) is 10.0 Å². The van der Waals surface area contributed by atoms with Crippen LogP contribution in [-0.2, 0) is 9.53 Å². The van der Waals surface area contributed by atoms with Gasteiger partial charge in [0.1, 0.15) is 6.10 Å². The average molecular weight is 322 g/mol. The number of carbonyl (C=O) groups is 1. The van der Waals surface area contributed by atoms with Gasteiger partial charge in [-0.25, -0.2) is 0 Å². The number of hydrogen-bond acceptors (Lipinski definition) is 4. The van der Waals surface area contributed by atoms with Gasteiger partial charge in [-0.2, -0.15) is 5.06 Å². The molecular weight excluding hydrogens is 298 g/mol. The van der Waals surface area contributed by atoms with Gasteiger partial charge >= 0.3 is 5.97 Å². The summed E-state index contributed by atoms with van der Waals surface area (Å²) in [5.41, 5.74) is -0.746. The zero-order valence-electron chi connectivity index (χ0n) is 11.7. The third-order valence-corrected chi connectivity index (χ3v) is 3.97. The topological polar surface area (TPSA) is 49.8 Å². The summed E-state index contributed by atoms with van der Waals surface area (Å²) in [5.74, 6) is -0.141. The highest BCUT2D eigenvalue weighted by molar-refractivity contribution is 9.09. The number of ether oxygens (including phenoxy) is 1. The van der Waals surface area contributed by atoms with Crippen LogP contribution >= 0.6 is 15.9 Å². The molecule has 5 heteroatoms. The number of carbonyl (C=O) groups excluding carboxylic acids is 1. The normalized spacial score (nSPS) is 23.9. The van der Waals surface area contributed by atoms with Crippen molar-refractivity contribution >= 4 is 21.9 Å². The van der Waals surface area contributed by atoms with Crippen molar-refractivity contribution in [3.05, 3.63) is 0 Å². The number of piperidine rings is 1. The molecule has 0 aromatic rings. The van der Waals surface area contributed by atoms with E-state index in [1.807, 2.05) is 27.7 Å². The van der Waals surface area contributed by atoms with Crippen molar-refractivity contribution in [2.24, 2.45) is 0 Å². The molecule has 0 aromatic carbocycles. The molecule has 0 saturated carbocycles. The Balaban J connectivity index is 2.61. The molecule has 1 aliphatic heterocycles. The molecule has 0 spiro atoms. The molecule has 106 valence electrons. The maximum absolute atomic E-state index is 11.7. The minimum absolute atomic E-state index is 0.110. The van der Waals surface area contributed by atoms with Gasteiger partial charge in [0.2, 0.25) is 0 Å². The van der Waals surface area contributed by atoms with Crippen LogP contribution in [0, 0.1) is 0 Å². The molecule has 0 aromatic heterocycles. The molecule has 0 bridgehead atoms. The van der Waals surface area contributed by atoms with Crippen molar-refractivity contribution < 1.29 is 14.7 Å². The van der Waals surface area contributed by atoms with E-state index < -0.39 is 0 Å². The summed E-state index contributed by atoms with van der Waals surface area (Å²) in [6.45, 7) is 7.86. The van der Waals surface area contributed by atoms with Crippen molar-refractivity contribution in [2.45, 2.75) is 70.6 Å². The van der Waals surface area contributed by atoms with Crippen molar-refractivity contribution in [1.82, 2.24) is 5.06 Å². The van der Waals surface area contributed by atoms with Crippen LogP contribution in [0.15, 0.2) is 0 Å². The van der Waals surface area contributed by atoms with Crippen LogP contribution in [-0.4, -0.2) is 38.8 Å².